The van der Waals surface area contributed by atoms with Gasteiger partial charge in [-0.05, 0) is 23.6 Å². The molecule has 0 heterocycles. The molecular formula is C15H25BrN2O. The number of ether oxygens (including phenoxy) is 1. The van der Waals surface area contributed by atoms with Gasteiger partial charge in [-0.1, -0.05) is 41.9 Å². The van der Waals surface area contributed by atoms with Crippen LogP contribution in [0.25, 0.3) is 0 Å². The quantitative estimate of drug-likeness (QED) is 0.797. The monoisotopic (exact) mass is 328 g/mol. The Bertz CT molecular complexity index is 354. The Kier molecular flexibility index (Phi) is 7.61. The van der Waals surface area contributed by atoms with Gasteiger partial charge in [-0.2, -0.15) is 0 Å². The van der Waals surface area contributed by atoms with Gasteiger partial charge in [0, 0.05) is 37.3 Å². The second kappa shape index (κ2) is 8.69. The Balaban J connectivity index is 2.84. The summed E-state index contributed by atoms with van der Waals surface area (Å²) >= 11 is 3.47. The molecule has 19 heavy (non-hydrogen) atoms. The highest BCUT2D eigenvalue weighted by atomic mass is 79.9. The van der Waals surface area contributed by atoms with E-state index in [1.165, 1.54) is 5.56 Å². The Hall–Kier alpha value is -0.420. The molecule has 0 fully saturated rings. The molecule has 0 aromatic heterocycles. The van der Waals surface area contributed by atoms with Gasteiger partial charge in [0.25, 0.3) is 0 Å². The largest absolute Gasteiger partial charge is 0.383 e. The molecule has 2 N–H and O–H groups in total. The molecule has 4 heteroatoms. The second-order valence-corrected chi connectivity index (χ2v) is 6.10. The lowest BCUT2D eigenvalue weighted by Crippen LogP contribution is -2.38. The Morgan fingerprint density at radius 1 is 1.26 bits per heavy atom. The summed E-state index contributed by atoms with van der Waals surface area (Å²) in [5.74, 6) is 0.612. The summed E-state index contributed by atoms with van der Waals surface area (Å²) in [4.78, 5) is 2.41. The average molecular weight is 329 g/mol. The minimum Gasteiger partial charge on any atom is -0.383 e. The van der Waals surface area contributed by atoms with Crippen LogP contribution in [-0.2, 0) is 4.74 Å². The molecule has 0 spiro atoms. The predicted octanol–water partition coefficient (Wildman–Crippen LogP) is 3.05. The number of halogens is 1. The lowest BCUT2D eigenvalue weighted by Gasteiger charge is -2.32. The van der Waals surface area contributed by atoms with Crippen molar-refractivity contribution in [2.75, 3.05) is 33.4 Å². The van der Waals surface area contributed by atoms with Crippen LogP contribution in [0.1, 0.15) is 25.5 Å². The van der Waals surface area contributed by atoms with Crippen molar-refractivity contribution in [2.45, 2.75) is 19.9 Å². The third kappa shape index (κ3) is 5.61. The highest BCUT2D eigenvalue weighted by Gasteiger charge is 2.19. The van der Waals surface area contributed by atoms with Crippen LogP contribution in [0.5, 0.6) is 0 Å². The molecule has 1 aromatic carbocycles. The first-order valence-electron chi connectivity index (χ1n) is 6.77. The number of rotatable bonds is 8. The first-order chi connectivity index (χ1) is 9.08. The smallest absolute Gasteiger partial charge is 0.0589 e. The van der Waals surface area contributed by atoms with E-state index < -0.39 is 0 Å². The Morgan fingerprint density at radius 3 is 2.37 bits per heavy atom. The lowest BCUT2D eigenvalue weighted by atomic mass is 10.0. The molecule has 0 saturated carbocycles. The number of benzene rings is 1. The van der Waals surface area contributed by atoms with E-state index in [0.29, 0.717) is 12.5 Å². The Morgan fingerprint density at radius 2 is 1.89 bits per heavy atom. The molecule has 0 aliphatic carbocycles. The topological polar surface area (TPSA) is 38.5 Å². The molecule has 0 aliphatic heterocycles. The molecule has 1 unspecified atom stereocenters. The van der Waals surface area contributed by atoms with Crippen molar-refractivity contribution in [3.8, 4) is 0 Å². The molecule has 0 saturated heterocycles. The summed E-state index contributed by atoms with van der Waals surface area (Å²) in [5.41, 5.74) is 7.26. The van der Waals surface area contributed by atoms with Crippen molar-refractivity contribution in [3.05, 3.63) is 34.3 Å². The van der Waals surface area contributed by atoms with Gasteiger partial charge in [-0.15, -0.1) is 0 Å². The summed E-state index contributed by atoms with van der Waals surface area (Å²) in [7, 11) is 1.74. The fraction of sp³-hybridized carbons (Fsp3) is 0.600. The van der Waals surface area contributed by atoms with E-state index in [4.69, 9.17) is 10.5 Å². The molecule has 0 amide bonds. The van der Waals surface area contributed by atoms with Crippen molar-refractivity contribution < 1.29 is 4.74 Å². The van der Waals surface area contributed by atoms with E-state index in [0.717, 1.165) is 24.2 Å². The van der Waals surface area contributed by atoms with Gasteiger partial charge in [0.05, 0.1) is 6.61 Å². The van der Waals surface area contributed by atoms with Crippen LogP contribution in [0.4, 0.5) is 0 Å². The van der Waals surface area contributed by atoms with Gasteiger partial charge in [0.2, 0.25) is 0 Å². The van der Waals surface area contributed by atoms with E-state index in [-0.39, 0.29) is 6.04 Å². The molecule has 0 aliphatic rings. The molecule has 1 aromatic rings. The van der Waals surface area contributed by atoms with Gasteiger partial charge in [0.15, 0.2) is 0 Å². The van der Waals surface area contributed by atoms with Crippen molar-refractivity contribution in [3.63, 3.8) is 0 Å². The van der Waals surface area contributed by atoms with Crippen LogP contribution in [-0.4, -0.2) is 38.3 Å². The highest BCUT2D eigenvalue weighted by Crippen LogP contribution is 2.22. The van der Waals surface area contributed by atoms with E-state index >= 15 is 0 Å². The first kappa shape index (κ1) is 16.6. The number of hydrogen-bond donors (Lipinski definition) is 1. The minimum atomic E-state index is 0.255. The van der Waals surface area contributed by atoms with Gasteiger partial charge >= 0.3 is 0 Å². The summed E-state index contributed by atoms with van der Waals surface area (Å²) in [6.45, 7) is 7.76. The molecular weight excluding hydrogens is 304 g/mol. The van der Waals surface area contributed by atoms with Crippen LogP contribution in [0.3, 0.4) is 0 Å². The zero-order chi connectivity index (χ0) is 14.3. The Labute approximate surface area is 125 Å². The maximum atomic E-state index is 6.00. The van der Waals surface area contributed by atoms with Crippen LogP contribution in [0.2, 0.25) is 0 Å². The van der Waals surface area contributed by atoms with Crippen LogP contribution < -0.4 is 5.73 Å². The van der Waals surface area contributed by atoms with Crippen molar-refractivity contribution in [1.29, 1.82) is 0 Å². The fourth-order valence-electron chi connectivity index (χ4n) is 2.23. The minimum absolute atomic E-state index is 0.255. The third-order valence-corrected chi connectivity index (χ3v) is 3.63. The van der Waals surface area contributed by atoms with Crippen LogP contribution in [0, 0.1) is 5.92 Å². The number of methoxy groups -OCH3 is 1. The van der Waals surface area contributed by atoms with Crippen molar-refractivity contribution in [2.24, 2.45) is 11.7 Å². The lowest BCUT2D eigenvalue weighted by molar-refractivity contribution is 0.112. The molecule has 1 rings (SSSR count). The van der Waals surface area contributed by atoms with Crippen LogP contribution >= 0.6 is 15.9 Å². The average Bonchev–Trinajstić information content (AvgIpc) is 2.38. The maximum Gasteiger partial charge on any atom is 0.0589 e. The van der Waals surface area contributed by atoms with E-state index in [1.807, 2.05) is 0 Å². The summed E-state index contributed by atoms with van der Waals surface area (Å²) in [6.07, 6.45) is 0. The van der Waals surface area contributed by atoms with Gasteiger partial charge < -0.3 is 10.5 Å². The zero-order valence-corrected chi connectivity index (χ0v) is 13.7. The number of nitrogens with zero attached hydrogens (tertiary/aromatic N) is 1. The van der Waals surface area contributed by atoms with Gasteiger partial charge in [-0.3, -0.25) is 4.90 Å². The number of hydrogen-bond acceptors (Lipinski definition) is 3. The summed E-state index contributed by atoms with van der Waals surface area (Å²) in [5, 5.41) is 0. The zero-order valence-electron chi connectivity index (χ0n) is 12.1. The first-order valence-corrected chi connectivity index (χ1v) is 7.56. The molecule has 3 nitrogen and oxygen atoms in total. The second-order valence-electron chi connectivity index (χ2n) is 5.18. The maximum absolute atomic E-state index is 6.00. The van der Waals surface area contributed by atoms with E-state index in [9.17, 15) is 0 Å². The molecule has 108 valence electrons. The van der Waals surface area contributed by atoms with Crippen LogP contribution in [0.15, 0.2) is 28.7 Å². The highest BCUT2D eigenvalue weighted by molar-refractivity contribution is 9.10. The molecule has 1 atom stereocenters. The van der Waals surface area contributed by atoms with Crippen molar-refractivity contribution >= 4 is 15.9 Å². The van der Waals surface area contributed by atoms with Gasteiger partial charge in [-0.25, -0.2) is 0 Å². The molecule has 0 radical (unpaired) electrons. The van der Waals surface area contributed by atoms with Gasteiger partial charge in [0.1, 0.15) is 0 Å². The van der Waals surface area contributed by atoms with Crippen molar-refractivity contribution in [1.82, 2.24) is 4.90 Å². The molecule has 0 bridgehead atoms. The predicted molar refractivity (Wildman–Crippen MR) is 84.2 cm³/mol. The number of nitrogens with two attached hydrogens (primary N) is 1. The third-order valence-electron chi connectivity index (χ3n) is 3.10. The van der Waals surface area contributed by atoms with E-state index in [1.54, 1.807) is 7.11 Å². The van der Waals surface area contributed by atoms with E-state index in [2.05, 4.69) is 58.9 Å². The standard InChI is InChI=1S/C15H25BrN2O/c1-12(2)11-18(8-9-19-3)15(10-17)13-4-6-14(16)7-5-13/h4-7,12,15H,8-11,17H2,1-3H3. The SMILES string of the molecule is COCCN(CC(C)C)C(CN)c1ccc(Br)cc1. The normalized spacial score (nSPS) is 13.2. The summed E-state index contributed by atoms with van der Waals surface area (Å²) < 4.78 is 6.31. The fourth-order valence-corrected chi connectivity index (χ4v) is 2.50. The summed E-state index contributed by atoms with van der Waals surface area (Å²) in [6, 6.07) is 8.68.